The molecule has 0 aromatic heterocycles. The summed E-state index contributed by atoms with van der Waals surface area (Å²) < 4.78 is 17.4. The van der Waals surface area contributed by atoms with Gasteiger partial charge >= 0.3 is 0 Å². The summed E-state index contributed by atoms with van der Waals surface area (Å²) >= 11 is 0. The Kier molecular flexibility index (Phi) is 4.79. The van der Waals surface area contributed by atoms with Gasteiger partial charge in [0.05, 0.1) is 14.2 Å². The minimum absolute atomic E-state index is 0.0155. The Bertz CT molecular complexity index is 871. The summed E-state index contributed by atoms with van der Waals surface area (Å²) in [6.45, 7) is 4.16. The van der Waals surface area contributed by atoms with Crippen LogP contribution in [0.5, 0.6) is 17.2 Å². The molecule has 2 aliphatic rings. The summed E-state index contributed by atoms with van der Waals surface area (Å²) in [5.41, 5.74) is 2.90. The molecule has 1 N–H and O–H groups in total. The first-order chi connectivity index (χ1) is 13.2. The summed E-state index contributed by atoms with van der Waals surface area (Å²) in [5, 5.41) is 3.41. The molecule has 0 spiro atoms. The molecule has 2 unspecified atom stereocenters. The zero-order chi connectivity index (χ0) is 19.0. The molecule has 1 saturated heterocycles. The van der Waals surface area contributed by atoms with E-state index in [0.717, 1.165) is 42.8 Å². The van der Waals surface area contributed by atoms with E-state index in [0.29, 0.717) is 28.5 Å². The van der Waals surface area contributed by atoms with Gasteiger partial charge in [-0.1, -0.05) is 19.1 Å². The topological polar surface area (TPSA) is 56.8 Å². The number of hydrogen-bond donors (Lipinski definition) is 1. The molecular formula is C22H25NO4. The molecule has 0 saturated carbocycles. The van der Waals surface area contributed by atoms with Gasteiger partial charge in [0, 0.05) is 40.8 Å². The number of methoxy groups -OCH3 is 2. The number of carbonyl (C=O) groups is 1. The molecule has 1 fully saturated rings. The summed E-state index contributed by atoms with van der Waals surface area (Å²) in [6, 6.07) is 9.30. The van der Waals surface area contributed by atoms with Gasteiger partial charge in [-0.15, -0.1) is 0 Å². The maximum atomic E-state index is 13.0. The van der Waals surface area contributed by atoms with Crippen LogP contribution in [0.25, 0.3) is 11.1 Å². The van der Waals surface area contributed by atoms with E-state index in [-0.39, 0.29) is 11.9 Å². The molecule has 5 heteroatoms. The highest BCUT2D eigenvalue weighted by Gasteiger charge is 2.34. The zero-order valence-electron chi connectivity index (χ0n) is 16.0. The SMILES string of the molecule is CCC(Oc1cccc2c1-c1c(OC)cc(OC)cc1C2=O)C1CCNC1. The Balaban J connectivity index is 1.80. The van der Waals surface area contributed by atoms with Crippen LogP contribution in [-0.4, -0.2) is 39.2 Å². The highest BCUT2D eigenvalue weighted by molar-refractivity contribution is 6.23. The third-order valence-electron chi connectivity index (χ3n) is 5.60. The van der Waals surface area contributed by atoms with E-state index in [9.17, 15) is 4.79 Å². The van der Waals surface area contributed by atoms with E-state index in [2.05, 4.69) is 12.2 Å². The average Bonchev–Trinajstić information content (AvgIpc) is 3.33. The fourth-order valence-corrected chi connectivity index (χ4v) is 4.20. The first-order valence-corrected chi connectivity index (χ1v) is 9.49. The van der Waals surface area contributed by atoms with E-state index in [1.165, 1.54) is 0 Å². The van der Waals surface area contributed by atoms with Crippen LogP contribution in [0.15, 0.2) is 30.3 Å². The summed E-state index contributed by atoms with van der Waals surface area (Å²) in [5.74, 6) is 2.46. The molecule has 0 radical (unpaired) electrons. The van der Waals surface area contributed by atoms with Gasteiger partial charge in [-0.25, -0.2) is 0 Å². The third kappa shape index (κ3) is 2.96. The number of carbonyl (C=O) groups excluding carboxylic acids is 1. The molecule has 27 heavy (non-hydrogen) atoms. The predicted molar refractivity (Wildman–Crippen MR) is 104 cm³/mol. The van der Waals surface area contributed by atoms with E-state index >= 15 is 0 Å². The second-order valence-electron chi connectivity index (χ2n) is 7.08. The molecule has 1 aliphatic carbocycles. The van der Waals surface area contributed by atoms with Crippen LogP contribution in [0.1, 0.15) is 35.7 Å². The first kappa shape index (κ1) is 17.9. The number of ketones is 1. The molecule has 2 aromatic rings. The number of benzene rings is 2. The van der Waals surface area contributed by atoms with Crippen molar-refractivity contribution in [2.45, 2.75) is 25.9 Å². The predicted octanol–water partition coefficient (Wildman–Crippen LogP) is 3.68. The van der Waals surface area contributed by atoms with Crippen molar-refractivity contribution in [1.82, 2.24) is 5.32 Å². The summed E-state index contributed by atoms with van der Waals surface area (Å²) in [4.78, 5) is 13.0. The van der Waals surface area contributed by atoms with Crippen molar-refractivity contribution in [1.29, 1.82) is 0 Å². The Morgan fingerprint density at radius 2 is 1.93 bits per heavy atom. The zero-order valence-corrected chi connectivity index (χ0v) is 16.0. The van der Waals surface area contributed by atoms with Crippen LogP contribution in [0.4, 0.5) is 0 Å². The van der Waals surface area contributed by atoms with E-state index in [1.807, 2.05) is 24.3 Å². The molecule has 142 valence electrons. The molecule has 0 amide bonds. The smallest absolute Gasteiger partial charge is 0.194 e. The Labute approximate surface area is 159 Å². The fraction of sp³-hybridized carbons (Fsp3) is 0.409. The highest BCUT2D eigenvalue weighted by atomic mass is 16.5. The molecule has 1 aliphatic heterocycles. The Morgan fingerprint density at radius 3 is 2.59 bits per heavy atom. The molecule has 1 heterocycles. The van der Waals surface area contributed by atoms with Gasteiger partial charge in [0.15, 0.2) is 5.78 Å². The number of nitrogens with one attached hydrogen (secondary N) is 1. The minimum Gasteiger partial charge on any atom is -0.497 e. The molecule has 5 nitrogen and oxygen atoms in total. The van der Waals surface area contributed by atoms with E-state index in [1.54, 1.807) is 20.3 Å². The largest absolute Gasteiger partial charge is 0.497 e. The highest BCUT2D eigenvalue weighted by Crippen LogP contribution is 2.49. The lowest BCUT2D eigenvalue weighted by Crippen LogP contribution is -2.28. The second kappa shape index (κ2) is 7.24. The van der Waals surface area contributed by atoms with Gasteiger partial charge < -0.3 is 19.5 Å². The lowest BCUT2D eigenvalue weighted by Gasteiger charge is -2.24. The van der Waals surface area contributed by atoms with Crippen molar-refractivity contribution in [2.75, 3.05) is 27.3 Å². The maximum Gasteiger partial charge on any atom is 0.194 e. The van der Waals surface area contributed by atoms with Crippen molar-refractivity contribution in [3.63, 3.8) is 0 Å². The van der Waals surface area contributed by atoms with Crippen LogP contribution in [0.2, 0.25) is 0 Å². The van der Waals surface area contributed by atoms with Gasteiger partial charge in [-0.2, -0.15) is 0 Å². The maximum absolute atomic E-state index is 13.0. The molecule has 0 bridgehead atoms. The van der Waals surface area contributed by atoms with E-state index in [4.69, 9.17) is 14.2 Å². The van der Waals surface area contributed by atoms with Crippen LogP contribution < -0.4 is 19.5 Å². The summed E-state index contributed by atoms with van der Waals surface area (Å²) in [6.07, 6.45) is 2.16. The average molecular weight is 367 g/mol. The Hall–Kier alpha value is -2.53. The molecule has 4 rings (SSSR count). The van der Waals surface area contributed by atoms with Crippen LogP contribution in [-0.2, 0) is 0 Å². The van der Waals surface area contributed by atoms with Crippen molar-refractivity contribution in [3.05, 3.63) is 41.5 Å². The molecule has 2 atom stereocenters. The van der Waals surface area contributed by atoms with Gasteiger partial charge in [-0.3, -0.25) is 4.79 Å². The quantitative estimate of drug-likeness (QED) is 0.720. The van der Waals surface area contributed by atoms with Crippen LogP contribution in [0, 0.1) is 5.92 Å². The van der Waals surface area contributed by atoms with Crippen molar-refractivity contribution in [3.8, 4) is 28.4 Å². The van der Waals surface area contributed by atoms with E-state index < -0.39 is 0 Å². The standard InChI is InChI=1S/C22H25NO4/c1-4-17(13-8-9-23-12-13)27-18-7-5-6-15-20(18)21-16(22(15)24)10-14(25-2)11-19(21)26-3/h5-7,10-11,13,17,23H,4,8-9,12H2,1-3H3. The second-order valence-corrected chi connectivity index (χ2v) is 7.08. The van der Waals surface area contributed by atoms with Gasteiger partial charge in [0.2, 0.25) is 0 Å². The van der Waals surface area contributed by atoms with Crippen LogP contribution in [0.3, 0.4) is 0 Å². The first-order valence-electron chi connectivity index (χ1n) is 9.49. The lowest BCUT2D eigenvalue weighted by molar-refractivity contribution is 0.104. The monoisotopic (exact) mass is 367 g/mol. The number of rotatable bonds is 6. The van der Waals surface area contributed by atoms with Gasteiger partial charge in [0.25, 0.3) is 0 Å². The lowest BCUT2D eigenvalue weighted by atomic mass is 9.98. The number of hydrogen-bond acceptors (Lipinski definition) is 5. The van der Waals surface area contributed by atoms with Crippen LogP contribution >= 0.6 is 0 Å². The molecule has 2 aromatic carbocycles. The van der Waals surface area contributed by atoms with Crippen molar-refractivity contribution < 1.29 is 19.0 Å². The van der Waals surface area contributed by atoms with Gasteiger partial charge in [-0.05, 0) is 31.5 Å². The third-order valence-corrected chi connectivity index (χ3v) is 5.60. The molecular weight excluding hydrogens is 342 g/mol. The summed E-state index contributed by atoms with van der Waals surface area (Å²) in [7, 11) is 3.20. The minimum atomic E-state index is -0.0155. The fourth-order valence-electron chi connectivity index (χ4n) is 4.20. The Morgan fingerprint density at radius 1 is 1.11 bits per heavy atom. The van der Waals surface area contributed by atoms with Crippen molar-refractivity contribution in [2.24, 2.45) is 5.92 Å². The normalized spacial score (nSPS) is 18.8. The number of ether oxygens (including phenoxy) is 3. The van der Waals surface area contributed by atoms with Gasteiger partial charge in [0.1, 0.15) is 23.4 Å². The number of fused-ring (bicyclic) bond motifs is 3. The van der Waals surface area contributed by atoms with Crippen molar-refractivity contribution >= 4 is 5.78 Å².